The lowest BCUT2D eigenvalue weighted by Crippen LogP contribution is -2.29. The molecule has 0 aliphatic carbocycles. The molecule has 0 saturated carbocycles. The van der Waals surface area contributed by atoms with Crippen molar-refractivity contribution in [2.45, 2.75) is 19.8 Å². The third-order valence-electron chi connectivity index (χ3n) is 2.36. The minimum Gasteiger partial charge on any atom is -0.356 e. The van der Waals surface area contributed by atoms with Crippen molar-refractivity contribution in [1.82, 2.24) is 10.6 Å². The third-order valence-corrected chi connectivity index (χ3v) is 2.36. The Balaban J connectivity index is 2.09. The van der Waals surface area contributed by atoms with Crippen molar-refractivity contribution in [3.63, 3.8) is 0 Å². The summed E-state index contributed by atoms with van der Waals surface area (Å²) >= 11 is 0. The number of rotatable bonds is 7. The van der Waals surface area contributed by atoms with E-state index >= 15 is 0 Å². The van der Waals surface area contributed by atoms with E-state index in [4.69, 9.17) is 0 Å². The molecule has 1 aromatic rings. The number of nitrogens with one attached hydrogen (secondary N) is 2. The second-order valence-electron chi connectivity index (χ2n) is 3.69. The summed E-state index contributed by atoms with van der Waals surface area (Å²) in [5, 5.41) is 6.04. The first-order valence-electron chi connectivity index (χ1n) is 5.84. The summed E-state index contributed by atoms with van der Waals surface area (Å²) in [5.41, 5.74) is 1.26. The molecule has 0 bridgehead atoms. The van der Waals surface area contributed by atoms with Gasteiger partial charge >= 0.3 is 0 Å². The molecule has 0 fully saturated rings. The van der Waals surface area contributed by atoms with E-state index in [1.54, 1.807) is 0 Å². The predicted molar refractivity (Wildman–Crippen MR) is 66.3 cm³/mol. The van der Waals surface area contributed by atoms with Crippen molar-refractivity contribution < 1.29 is 4.79 Å². The van der Waals surface area contributed by atoms with Crippen molar-refractivity contribution in [3.8, 4) is 0 Å². The van der Waals surface area contributed by atoms with E-state index in [-0.39, 0.29) is 5.91 Å². The monoisotopic (exact) mass is 220 g/mol. The molecule has 3 heteroatoms. The van der Waals surface area contributed by atoms with Crippen molar-refractivity contribution in [1.29, 1.82) is 0 Å². The second kappa shape index (κ2) is 7.88. The molecule has 0 aromatic heterocycles. The van der Waals surface area contributed by atoms with Crippen LogP contribution in [0.1, 0.15) is 18.9 Å². The molecule has 0 spiro atoms. The summed E-state index contributed by atoms with van der Waals surface area (Å²) in [7, 11) is 0. The molecule has 0 unspecified atom stereocenters. The number of carbonyl (C=O) groups is 1. The summed E-state index contributed by atoms with van der Waals surface area (Å²) in [4.78, 5) is 11.4. The van der Waals surface area contributed by atoms with E-state index in [9.17, 15) is 4.79 Å². The van der Waals surface area contributed by atoms with Crippen LogP contribution in [-0.4, -0.2) is 25.5 Å². The molecule has 3 nitrogen and oxygen atoms in total. The Morgan fingerprint density at radius 3 is 2.62 bits per heavy atom. The fraction of sp³-hybridized carbons (Fsp3) is 0.462. The first-order valence-corrected chi connectivity index (χ1v) is 5.84. The van der Waals surface area contributed by atoms with Crippen LogP contribution in [0.5, 0.6) is 0 Å². The van der Waals surface area contributed by atoms with Gasteiger partial charge in [0.25, 0.3) is 0 Å². The second-order valence-corrected chi connectivity index (χ2v) is 3.69. The normalized spacial score (nSPS) is 10.1. The first-order chi connectivity index (χ1) is 7.83. The van der Waals surface area contributed by atoms with Crippen LogP contribution in [0.25, 0.3) is 0 Å². The lowest BCUT2D eigenvalue weighted by Gasteiger charge is -2.05. The summed E-state index contributed by atoms with van der Waals surface area (Å²) in [6, 6.07) is 10.2. The van der Waals surface area contributed by atoms with Gasteiger partial charge in [-0.3, -0.25) is 4.79 Å². The molecular formula is C13H20N2O. The van der Waals surface area contributed by atoms with Gasteiger partial charge in [-0.2, -0.15) is 0 Å². The average Bonchev–Trinajstić information content (AvgIpc) is 2.31. The van der Waals surface area contributed by atoms with Crippen LogP contribution in [0.2, 0.25) is 0 Å². The highest BCUT2D eigenvalue weighted by Crippen LogP contribution is 1.98. The molecule has 1 aromatic carbocycles. The van der Waals surface area contributed by atoms with E-state index in [0.717, 1.165) is 26.1 Å². The van der Waals surface area contributed by atoms with Crippen molar-refractivity contribution >= 4 is 5.91 Å². The van der Waals surface area contributed by atoms with Crippen LogP contribution in [0.3, 0.4) is 0 Å². The highest BCUT2D eigenvalue weighted by molar-refractivity contribution is 5.76. The predicted octanol–water partition coefficient (Wildman–Crippen LogP) is 1.34. The molecule has 1 amide bonds. The number of amides is 1. The Bertz CT molecular complexity index is 298. The minimum absolute atomic E-state index is 0.122. The van der Waals surface area contributed by atoms with E-state index in [1.807, 2.05) is 25.1 Å². The van der Waals surface area contributed by atoms with Crippen LogP contribution >= 0.6 is 0 Å². The number of benzene rings is 1. The van der Waals surface area contributed by atoms with Gasteiger partial charge in [0.1, 0.15) is 0 Å². The van der Waals surface area contributed by atoms with Gasteiger partial charge in [0, 0.05) is 19.5 Å². The molecule has 0 saturated heterocycles. The largest absolute Gasteiger partial charge is 0.356 e. The average molecular weight is 220 g/mol. The summed E-state index contributed by atoms with van der Waals surface area (Å²) < 4.78 is 0. The molecule has 0 atom stereocenters. The maximum atomic E-state index is 11.4. The smallest absolute Gasteiger partial charge is 0.221 e. The molecular weight excluding hydrogens is 200 g/mol. The molecule has 0 aliphatic heterocycles. The number of carbonyl (C=O) groups excluding carboxylic acids is 1. The van der Waals surface area contributed by atoms with Gasteiger partial charge in [-0.05, 0) is 18.5 Å². The molecule has 2 N–H and O–H groups in total. The van der Waals surface area contributed by atoms with E-state index < -0.39 is 0 Å². The Morgan fingerprint density at radius 1 is 1.19 bits per heavy atom. The lowest BCUT2D eigenvalue weighted by molar-refractivity contribution is -0.120. The zero-order valence-electron chi connectivity index (χ0n) is 9.83. The van der Waals surface area contributed by atoms with Gasteiger partial charge in [-0.15, -0.1) is 0 Å². The van der Waals surface area contributed by atoms with Crippen molar-refractivity contribution in [3.05, 3.63) is 35.9 Å². The maximum Gasteiger partial charge on any atom is 0.221 e. The van der Waals surface area contributed by atoms with E-state index in [2.05, 4.69) is 22.8 Å². The van der Waals surface area contributed by atoms with Gasteiger partial charge in [0.2, 0.25) is 5.91 Å². The van der Waals surface area contributed by atoms with Crippen LogP contribution in [0.4, 0.5) is 0 Å². The molecule has 1 rings (SSSR count). The van der Waals surface area contributed by atoms with E-state index in [1.165, 1.54) is 5.56 Å². The zero-order chi connectivity index (χ0) is 11.6. The Kier molecular flexibility index (Phi) is 6.26. The first kappa shape index (κ1) is 12.7. The van der Waals surface area contributed by atoms with Gasteiger partial charge < -0.3 is 10.6 Å². The number of hydrogen-bond donors (Lipinski definition) is 2. The molecule has 0 aliphatic rings. The fourth-order valence-electron chi connectivity index (χ4n) is 1.46. The minimum atomic E-state index is 0.122. The third kappa shape index (κ3) is 5.51. The highest BCUT2D eigenvalue weighted by Gasteiger charge is 1.99. The topological polar surface area (TPSA) is 41.1 Å². The van der Waals surface area contributed by atoms with Gasteiger partial charge in [-0.1, -0.05) is 37.3 Å². The molecule has 0 heterocycles. The summed E-state index contributed by atoms with van der Waals surface area (Å²) in [5.74, 6) is 0.122. The lowest BCUT2D eigenvalue weighted by atomic mass is 10.1. The van der Waals surface area contributed by atoms with Crippen LogP contribution in [-0.2, 0) is 11.2 Å². The van der Waals surface area contributed by atoms with Crippen molar-refractivity contribution in [2.75, 3.05) is 19.6 Å². The summed E-state index contributed by atoms with van der Waals surface area (Å²) in [6.45, 7) is 4.42. The van der Waals surface area contributed by atoms with Gasteiger partial charge in [-0.25, -0.2) is 0 Å². The maximum absolute atomic E-state index is 11.4. The number of hydrogen-bond acceptors (Lipinski definition) is 2. The van der Waals surface area contributed by atoms with E-state index in [0.29, 0.717) is 6.42 Å². The standard InChI is InChI=1S/C13H20N2O/c1-2-14-10-9-13(16)15-11-8-12-6-4-3-5-7-12/h3-7,14H,2,8-11H2,1H3,(H,15,16). The van der Waals surface area contributed by atoms with Crippen LogP contribution in [0.15, 0.2) is 30.3 Å². The Labute approximate surface area is 97.2 Å². The summed E-state index contributed by atoms with van der Waals surface area (Å²) in [6.07, 6.45) is 1.45. The highest BCUT2D eigenvalue weighted by atomic mass is 16.1. The Morgan fingerprint density at radius 2 is 1.94 bits per heavy atom. The van der Waals surface area contributed by atoms with Gasteiger partial charge in [0.15, 0.2) is 0 Å². The molecule has 0 radical (unpaired) electrons. The fourth-order valence-corrected chi connectivity index (χ4v) is 1.46. The Hall–Kier alpha value is -1.35. The SMILES string of the molecule is CCNCCC(=O)NCCc1ccccc1. The van der Waals surface area contributed by atoms with Crippen LogP contribution < -0.4 is 10.6 Å². The van der Waals surface area contributed by atoms with Crippen molar-refractivity contribution in [2.24, 2.45) is 0 Å². The quantitative estimate of drug-likeness (QED) is 0.681. The molecule has 16 heavy (non-hydrogen) atoms. The van der Waals surface area contributed by atoms with Gasteiger partial charge in [0.05, 0.1) is 0 Å². The molecule has 88 valence electrons. The van der Waals surface area contributed by atoms with Crippen LogP contribution in [0, 0.1) is 0 Å². The zero-order valence-corrected chi connectivity index (χ0v) is 9.83.